The van der Waals surface area contributed by atoms with Crippen molar-refractivity contribution in [3.8, 4) is 0 Å². The van der Waals surface area contributed by atoms with Gasteiger partial charge in [0, 0.05) is 6.54 Å². The van der Waals surface area contributed by atoms with Crippen molar-refractivity contribution >= 4 is 10.1 Å². The summed E-state index contributed by atoms with van der Waals surface area (Å²) in [6.45, 7) is 6.10. The lowest BCUT2D eigenvalue weighted by Crippen LogP contribution is -2.14. The van der Waals surface area contributed by atoms with Crippen LogP contribution in [0.25, 0.3) is 0 Å². The minimum absolute atomic E-state index is 0.0895. The average molecular weight is 311 g/mol. The fourth-order valence-corrected chi connectivity index (χ4v) is 2.05. The zero-order valence-electron chi connectivity index (χ0n) is 12.6. The normalized spacial score (nSPS) is 12.4. The molecule has 0 amide bonds. The summed E-state index contributed by atoms with van der Waals surface area (Å²) >= 11 is 0. The highest BCUT2D eigenvalue weighted by atomic mass is 32.2. The Morgan fingerprint density at radius 3 is 1.90 bits per heavy atom. The molecule has 0 aromatic rings. The van der Waals surface area contributed by atoms with Gasteiger partial charge in [-0.25, -0.2) is 4.39 Å². The van der Waals surface area contributed by atoms with Gasteiger partial charge in [-0.1, -0.05) is 57.9 Å². The lowest BCUT2D eigenvalue weighted by atomic mass is 10.1. The van der Waals surface area contributed by atoms with Crippen molar-refractivity contribution < 1.29 is 17.4 Å². The molecule has 20 heavy (non-hydrogen) atoms. The first-order chi connectivity index (χ1) is 9.40. The summed E-state index contributed by atoms with van der Waals surface area (Å²) in [6.07, 6.45) is 9.99. The van der Waals surface area contributed by atoms with Gasteiger partial charge in [-0.3, -0.25) is 4.55 Å². The van der Waals surface area contributed by atoms with Gasteiger partial charge >= 0.3 is 0 Å². The highest BCUT2D eigenvalue weighted by Gasteiger charge is 2.20. The maximum atomic E-state index is 12.7. The molecule has 0 saturated heterocycles. The molecular formula is C14H30FNO3S. The van der Waals surface area contributed by atoms with Crippen molar-refractivity contribution in [1.82, 2.24) is 0 Å². The molecule has 6 heteroatoms. The first-order valence-corrected chi connectivity index (χ1v) is 8.81. The van der Waals surface area contributed by atoms with E-state index in [0.717, 1.165) is 19.3 Å². The maximum absolute atomic E-state index is 12.7. The zero-order chi connectivity index (χ0) is 15.9. The van der Waals surface area contributed by atoms with Crippen LogP contribution >= 0.6 is 0 Å². The second-order valence-electron chi connectivity index (χ2n) is 4.71. The van der Waals surface area contributed by atoms with Crippen molar-refractivity contribution in [1.29, 1.82) is 0 Å². The zero-order valence-corrected chi connectivity index (χ0v) is 13.4. The quantitative estimate of drug-likeness (QED) is 0.345. The van der Waals surface area contributed by atoms with E-state index < -0.39 is 15.6 Å². The average Bonchev–Trinajstić information content (AvgIpc) is 2.40. The summed E-state index contributed by atoms with van der Waals surface area (Å²) in [6, 6.07) is 0. The van der Waals surface area contributed by atoms with Crippen LogP contribution < -0.4 is 5.73 Å². The Hall–Kier alpha value is -0.460. The summed E-state index contributed by atoms with van der Waals surface area (Å²) < 4.78 is 41.8. The van der Waals surface area contributed by atoms with Crippen LogP contribution in [0.2, 0.25) is 0 Å². The molecule has 0 heterocycles. The van der Waals surface area contributed by atoms with Crippen molar-refractivity contribution in [3.63, 3.8) is 0 Å². The van der Waals surface area contributed by atoms with E-state index in [2.05, 4.69) is 13.5 Å². The molecule has 3 N–H and O–H groups in total. The van der Waals surface area contributed by atoms with E-state index in [1.165, 1.54) is 25.7 Å². The lowest BCUT2D eigenvalue weighted by molar-refractivity contribution is 0.349. The van der Waals surface area contributed by atoms with Gasteiger partial charge in [0.2, 0.25) is 5.50 Å². The fraction of sp³-hybridized carbons (Fsp3) is 0.857. The number of unbranched alkanes of at least 4 members (excludes halogenated alkanes) is 7. The van der Waals surface area contributed by atoms with E-state index in [-0.39, 0.29) is 6.42 Å². The number of nitrogens with two attached hydrogens (primary N) is 1. The number of hydrogen-bond acceptors (Lipinski definition) is 3. The van der Waals surface area contributed by atoms with E-state index in [1.54, 1.807) is 6.08 Å². The van der Waals surface area contributed by atoms with Crippen LogP contribution in [0.3, 0.4) is 0 Å². The molecule has 0 aromatic heterocycles. The van der Waals surface area contributed by atoms with E-state index in [4.69, 9.17) is 10.3 Å². The van der Waals surface area contributed by atoms with Gasteiger partial charge in [-0.15, -0.1) is 6.58 Å². The third-order valence-corrected chi connectivity index (χ3v) is 3.66. The third kappa shape index (κ3) is 17.5. The smallest absolute Gasteiger partial charge is 0.297 e. The van der Waals surface area contributed by atoms with Crippen LogP contribution in [0.5, 0.6) is 0 Å². The summed E-state index contributed by atoms with van der Waals surface area (Å²) in [7, 11) is -4.47. The van der Waals surface area contributed by atoms with E-state index in [1.807, 2.05) is 0 Å². The van der Waals surface area contributed by atoms with Crippen LogP contribution in [0.15, 0.2) is 12.7 Å². The minimum atomic E-state index is -4.47. The van der Waals surface area contributed by atoms with Crippen molar-refractivity contribution in [3.05, 3.63) is 12.7 Å². The molecule has 0 aliphatic rings. The van der Waals surface area contributed by atoms with Crippen molar-refractivity contribution in [2.75, 3.05) is 6.54 Å². The predicted molar refractivity (Wildman–Crippen MR) is 82.9 cm³/mol. The molecule has 1 unspecified atom stereocenters. The summed E-state index contributed by atoms with van der Waals surface area (Å²) in [5.74, 6) is 0. The number of alkyl halides is 1. The summed E-state index contributed by atoms with van der Waals surface area (Å²) in [5.41, 5.74) is 2.81. The van der Waals surface area contributed by atoms with Gasteiger partial charge in [-0.05, 0) is 12.8 Å². The molecule has 0 fully saturated rings. The van der Waals surface area contributed by atoms with Crippen LogP contribution in [0.4, 0.5) is 4.39 Å². The molecule has 0 aliphatic carbocycles. The second kappa shape index (κ2) is 14.9. The predicted octanol–water partition coefficient (Wildman–Crippen LogP) is 3.83. The molecule has 0 saturated carbocycles. The van der Waals surface area contributed by atoms with Gasteiger partial charge in [-0.2, -0.15) is 8.42 Å². The van der Waals surface area contributed by atoms with E-state index >= 15 is 0 Å². The number of rotatable bonds is 11. The van der Waals surface area contributed by atoms with Crippen LogP contribution in [-0.4, -0.2) is 25.0 Å². The summed E-state index contributed by atoms with van der Waals surface area (Å²) in [4.78, 5) is 0. The SMILES string of the molecule is C=CCN.CCCCCCCCCCC(F)S(=O)(=O)O. The maximum Gasteiger partial charge on any atom is 0.297 e. The lowest BCUT2D eigenvalue weighted by Gasteiger charge is -2.04. The Kier molecular flexibility index (Phi) is 16.3. The first-order valence-electron chi connectivity index (χ1n) is 7.31. The molecule has 0 radical (unpaired) electrons. The Morgan fingerprint density at radius 2 is 1.55 bits per heavy atom. The third-order valence-electron chi connectivity index (χ3n) is 2.77. The fourth-order valence-electron chi connectivity index (χ4n) is 1.59. The monoisotopic (exact) mass is 311 g/mol. The molecule has 0 rings (SSSR count). The standard InChI is InChI=1S/C11H23FO3S.C3H7N/c1-2-3-4-5-6-7-8-9-10-11(12)16(13,14)15;1-2-3-4/h11H,2-10H2,1H3,(H,13,14,15);2H,1,3-4H2. The van der Waals surface area contributed by atoms with Gasteiger partial charge in [0.25, 0.3) is 10.1 Å². The van der Waals surface area contributed by atoms with Gasteiger partial charge in [0.05, 0.1) is 0 Å². The number of halogens is 1. The van der Waals surface area contributed by atoms with Gasteiger partial charge in [0.1, 0.15) is 0 Å². The first kappa shape index (κ1) is 21.8. The molecule has 0 aliphatic heterocycles. The Morgan fingerprint density at radius 1 is 1.15 bits per heavy atom. The minimum Gasteiger partial charge on any atom is -0.327 e. The van der Waals surface area contributed by atoms with Crippen LogP contribution in [0, 0.1) is 0 Å². The topological polar surface area (TPSA) is 80.4 Å². The molecule has 4 nitrogen and oxygen atoms in total. The number of hydrogen-bond donors (Lipinski definition) is 2. The van der Waals surface area contributed by atoms with Crippen molar-refractivity contribution in [2.45, 2.75) is 70.2 Å². The highest BCUT2D eigenvalue weighted by Crippen LogP contribution is 2.14. The second-order valence-corrected chi connectivity index (χ2v) is 6.25. The molecule has 122 valence electrons. The van der Waals surface area contributed by atoms with Crippen LogP contribution in [0.1, 0.15) is 64.7 Å². The molecule has 0 aromatic carbocycles. The van der Waals surface area contributed by atoms with Gasteiger partial charge < -0.3 is 5.73 Å². The molecular weight excluding hydrogens is 281 g/mol. The molecule has 0 bridgehead atoms. The van der Waals surface area contributed by atoms with E-state index in [9.17, 15) is 12.8 Å². The van der Waals surface area contributed by atoms with Gasteiger partial charge in [0.15, 0.2) is 0 Å². The van der Waals surface area contributed by atoms with Crippen LogP contribution in [-0.2, 0) is 10.1 Å². The van der Waals surface area contributed by atoms with E-state index in [0.29, 0.717) is 13.0 Å². The Balaban J connectivity index is 0. The molecule has 1 atom stereocenters. The highest BCUT2D eigenvalue weighted by molar-refractivity contribution is 7.86. The largest absolute Gasteiger partial charge is 0.327 e. The summed E-state index contributed by atoms with van der Waals surface area (Å²) in [5, 5.41) is 0. The molecule has 0 spiro atoms. The Bertz CT molecular complexity index is 308. The Labute approximate surface area is 123 Å². The van der Waals surface area contributed by atoms with Crippen molar-refractivity contribution in [2.24, 2.45) is 5.73 Å².